The van der Waals surface area contributed by atoms with E-state index >= 15 is 0 Å². The van der Waals surface area contributed by atoms with Crippen LogP contribution >= 0.6 is 0 Å². The number of amides is 1. The van der Waals surface area contributed by atoms with Crippen molar-refractivity contribution in [2.45, 2.75) is 26.4 Å². The third-order valence-corrected chi connectivity index (χ3v) is 2.82. The number of hydrogen-bond acceptors (Lipinski definition) is 4. The Morgan fingerprint density at radius 3 is 2.60 bits per heavy atom. The average molecular weight is 280 g/mol. The molecule has 112 valence electrons. The molecule has 0 aliphatic rings. The normalized spacial score (nSPS) is 11.9. The zero-order valence-corrected chi connectivity index (χ0v) is 12.4. The van der Waals surface area contributed by atoms with E-state index in [0.29, 0.717) is 13.2 Å². The maximum atomic E-state index is 11.6. The summed E-state index contributed by atoms with van der Waals surface area (Å²) in [5.74, 6) is 0.743. The maximum Gasteiger partial charge on any atom is 0.238 e. The van der Waals surface area contributed by atoms with Gasteiger partial charge in [-0.2, -0.15) is 0 Å². The quantitative estimate of drug-likeness (QED) is 0.680. The van der Waals surface area contributed by atoms with Gasteiger partial charge in [0, 0.05) is 19.3 Å². The summed E-state index contributed by atoms with van der Waals surface area (Å²) < 4.78 is 10.6. The van der Waals surface area contributed by atoms with Crippen LogP contribution in [-0.2, 0) is 9.53 Å². The molecule has 1 aromatic carbocycles. The number of rotatable bonds is 9. The molecule has 0 bridgehead atoms. The Morgan fingerprint density at radius 2 is 2.00 bits per heavy atom. The first-order valence-corrected chi connectivity index (χ1v) is 6.92. The zero-order valence-electron chi connectivity index (χ0n) is 12.4. The largest absolute Gasteiger partial charge is 0.491 e. The lowest BCUT2D eigenvalue weighted by molar-refractivity contribution is -0.115. The Labute approximate surface area is 120 Å². The number of carbonyl (C=O) groups is 1. The summed E-state index contributed by atoms with van der Waals surface area (Å²) in [5.41, 5.74) is 0.764. The summed E-state index contributed by atoms with van der Waals surface area (Å²) in [6.45, 7) is 5.63. The van der Waals surface area contributed by atoms with Gasteiger partial charge in [-0.15, -0.1) is 0 Å². The summed E-state index contributed by atoms with van der Waals surface area (Å²) in [4.78, 5) is 11.6. The van der Waals surface area contributed by atoms with E-state index in [-0.39, 0.29) is 18.6 Å². The molecule has 1 unspecified atom stereocenters. The third-order valence-electron chi connectivity index (χ3n) is 2.82. The van der Waals surface area contributed by atoms with Crippen LogP contribution in [0, 0.1) is 0 Å². The van der Waals surface area contributed by atoms with Crippen molar-refractivity contribution in [2.75, 3.05) is 32.1 Å². The van der Waals surface area contributed by atoms with Crippen molar-refractivity contribution in [1.82, 2.24) is 5.32 Å². The van der Waals surface area contributed by atoms with E-state index in [1.165, 1.54) is 0 Å². The summed E-state index contributed by atoms with van der Waals surface area (Å²) >= 11 is 0. The number of benzene rings is 1. The molecule has 0 spiro atoms. The van der Waals surface area contributed by atoms with Crippen LogP contribution in [-0.4, -0.2) is 38.8 Å². The third kappa shape index (κ3) is 6.54. The molecule has 0 heterocycles. The number of carbonyl (C=O) groups excluding carboxylic acids is 1. The minimum absolute atomic E-state index is 0.0725. The van der Waals surface area contributed by atoms with Crippen LogP contribution in [0.2, 0.25) is 0 Å². The van der Waals surface area contributed by atoms with Gasteiger partial charge in [0.05, 0.1) is 19.3 Å². The molecule has 20 heavy (non-hydrogen) atoms. The first kappa shape index (κ1) is 16.5. The zero-order chi connectivity index (χ0) is 14.8. The second-order valence-corrected chi connectivity index (χ2v) is 4.58. The second-order valence-electron chi connectivity index (χ2n) is 4.58. The van der Waals surface area contributed by atoms with Crippen molar-refractivity contribution >= 4 is 11.6 Å². The highest BCUT2D eigenvalue weighted by Gasteiger charge is 2.03. The molecule has 1 amide bonds. The molecule has 1 atom stereocenters. The first-order chi connectivity index (χ1) is 9.65. The van der Waals surface area contributed by atoms with Crippen molar-refractivity contribution < 1.29 is 14.3 Å². The SMILES string of the molecule is CCC(C)Oc1ccc(NC(=O)CNCCOC)cc1. The summed E-state index contributed by atoms with van der Waals surface area (Å²) in [7, 11) is 1.63. The van der Waals surface area contributed by atoms with Gasteiger partial charge in [0.15, 0.2) is 0 Å². The smallest absolute Gasteiger partial charge is 0.238 e. The molecule has 1 aromatic rings. The Morgan fingerprint density at radius 1 is 1.30 bits per heavy atom. The highest BCUT2D eigenvalue weighted by atomic mass is 16.5. The van der Waals surface area contributed by atoms with Crippen LogP contribution in [0.5, 0.6) is 5.75 Å². The lowest BCUT2D eigenvalue weighted by atomic mass is 10.2. The molecule has 0 fully saturated rings. The van der Waals surface area contributed by atoms with Gasteiger partial charge in [0.25, 0.3) is 0 Å². The molecule has 0 radical (unpaired) electrons. The Balaban J connectivity index is 2.35. The molecule has 5 nitrogen and oxygen atoms in total. The van der Waals surface area contributed by atoms with Gasteiger partial charge >= 0.3 is 0 Å². The van der Waals surface area contributed by atoms with Crippen LogP contribution in [0.25, 0.3) is 0 Å². The van der Waals surface area contributed by atoms with Crippen molar-refractivity contribution in [3.8, 4) is 5.75 Å². The molecular weight excluding hydrogens is 256 g/mol. The fourth-order valence-corrected chi connectivity index (χ4v) is 1.51. The fraction of sp³-hybridized carbons (Fsp3) is 0.533. The van der Waals surface area contributed by atoms with Crippen molar-refractivity contribution in [1.29, 1.82) is 0 Å². The number of ether oxygens (including phenoxy) is 2. The Bertz CT molecular complexity index is 393. The van der Waals surface area contributed by atoms with Crippen LogP contribution in [0.4, 0.5) is 5.69 Å². The predicted molar refractivity (Wildman–Crippen MR) is 80.2 cm³/mol. The number of nitrogens with one attached hydrogen (secondary N) is 2. The van der Waals surface area contributed by atoms with E-state index < -0.39 is 0 Å². The Hall–Kier alpha value is -1.59. The number of anilines is 1. The van der Waals surface area contributed by atoms with Crippen molar-refractivity contribution in [3.05, 3.63) is 24.3 Å². The van der Waals surface area contributed by atoms with E-state index in [9.17, 15) is 4.79 Å². The van der Waals surface area contributed by atoms with Crippen molar-refractivity contribution in [3.63, 3.8) is 0 Å². The molecule has 0 saturated heterocycles. The molecular formula is C15H24N2O3. The summed E-state index contributed by atoms with van der Waals surface area (Å²) in [6, 6.07) is 7.40. The first-order valence-electron chi connectivity index (χ1n) is 6.92. The van der Waals surface area contributed by atoms with Crippen LogP contribution < -0.4 is 15.4 Å². The van der Waals surface area contributed by atoms with E-state index in [1.807, 2.05) is 31.2 Å². The van der Waals surface area contributed by atoms with E-state index in [4.69, 9.17) is 9.47 Å². The maximum absolute atomic E-state index is 11.6. The van der Waals surface area contributed by atoms with Crippen LogP contribution in [0.3, 0.4) is 0 Å². The van der Waals surface area contributed by atoms with Crippen molar-refractivity contribution in [2.24, 2.45) is 0 Å². The minimum atomic E-state index is -0.0725. The van der Waals surface area contributed by atoms with Gasteiger partial charge in [-0.3, -0.25) is 4.79 Å². The Kier molecular flexibility index (Phi) is 7.69. The number of methoxy groups -OCH3 is 1. The molecule has 1 rings (SSSR count). The molecule has 0 saturated carbocycles. The fourth-order valence-electron chi connectivity index (χ4n) is 1.51. The van der Waals surface area contributed by atoms with Gasteiger partial charge in [-0.05, 0) is 37.6 Å². The van der Waals surface area contributed by atoms with E-state index in [1.54, 1.807) is 7.11 Å². The van der Waals surface area contributed by atoms with Gasteiger partial charge < -0.3 is 20.1 Å². The number of hydrogen-bond donors (Lipinski definition) is 2. The lowest BCUT2D eigenvalue weighted by Gasteiger charge is -2.13. The van der Waals surface area contributed by atoms with E-state index in [2.05, 4.69) is 17.6 Å². The van der Waals surface area contributed by atoms with Crippen LogP contribution in [0.15, 0.2) is 24.3 Å². The monoisotopic (exact) mass is 280 g/mol. The standard InChI is InChI=1S/C15H24N2O3/c1-4-12(2)20-14-7-5-13(6-8-14)17-15(18)11-16-9-10-19-3/h5-8,12,16H,4,9-11H2,1-3H3,(H,17,18). The molecule has 0 aromatic heterocycles. The lowest BCUT2D eigenvalue weighted by Crippen LogP contribution is -2.30. The summed E-state index contributed by atoms with van der Waals surface area (Å²) in [6.07, 6.45) is 1.16. The second kappa shape index (κ2) is 9.34. The summed E-state index contributed by atoms with van der Waals surface area (Å²) in [5, 5.41) is 5.81. The van der Waals surface area contributed by atoms with Gasteiger partial charge in [-0.25, -0.2) is 0 Å². The van der Waals surface area contributed by atoms with Gasteiger partial charge in [0.2, 0.25) is 5.91 Å². The van der Waals surface area contributed by atoms with Crippen LogP contribution in [0.1, 0.15) is 20.3 Å². The average Bonchev–Trinajstić information content (AvgIpc) is 2.45. The topological polar surface area (TPSA) is 59.6 Å². The predicted octanol–water partition coefficient (Wildman–Crippen LogP) is 2.04. The van der Waals surface area contributed by atoms with Gasteiger partial charge in [0.1, 0.15) is 5.75 Å². The molecule has 0 aliphatic carbocycles. The van der Waals surface area contributed by atoms with Gasteiger partial charge in [-0.1, -0.05) is 6.92 Å². The van der Waals surface area contributed by atoms with E-state index in [0.717, 1.165) is 17.9 Å². The molecule has 5 heteroatoms. The molecule has 2 N–H and O–H groups in total. The molecule has 0 aliphatic heterocycles. The minimum Gasteiger partial charge on any atom is -0.491 e. The highest BCUT2D eigenvalue weighted by Crippen LogP contribution is 2.17. The highest BCUT2D eigenvalue weighted by molar-refractivity contribution is 5.92.